The van der Waals surface area contributed by atoms with Gasteiger partial charge in [0.15, 0.2) is 0 Å². The van der Waals surface area contributed by atoms with Gasteiger partial charge in [0.1, 0.15) is 11.6 Å². The van der Waals surface area contributed by atoms with E-state index in [2.05, 4.69) is 22.3 Å². The highest BCUT2D eigenvalue weighted by molar-refractivity contribution is 5.86. The number of para-hydroxylation sites is 1. The maximum absolute atomic E-state index is 13.7. The highest BCUT2D eigenvalue weighted by atomic mass is 19.1. The standard InChI is InChI=1S/C23H21FN2O2/c24-20-10-4-5-11-21(20)25-23(27)28-19-13-12-18-9-6-14-26(22(18)15-19)16-17-7-2-1-3-8-17/h1-5,7-8,10-13,15H,6,9,14,16H2,(H,25,27). The summed E-state index contributed by atoms with van der Waals surface area (Å²) in [4.78, 5) is 14.5. The van der Waals surface area contributed by atoms with E-state index in [-0.39, 0.29) is 5.69 Å². The van der Waals surface area contributed by atoms with Crippen LogP contribution in [-0.2, 0) is 13.0 Å². The molecule has 0 saturated carbocycles. The molecular weight excluding hydrogens is 355 g/mol. The van der Waals surface area contributed by atoms with E-state index >= 15 is 0 Å². The van der Waals surface area contributed by atoms with Gasteiger partial charge in [-0.25, -0.2) is 9.18 Å². The van der Waals surface area contributed by atoms with Crippen molar-refractivity contribution < 1.29 is 13.9 Å². The normalized spacial score (nSPS) is 13.0. The summed E-state index contributed by atoms with van der Waals surface area (Å²) in [5.41, 5.74) is 3.64. The molecular formula is C23H21FN2O2. The summed E-state index contributed by atoms with van der Waals surface area (Å²) in [5, 5.41) is 2.44. The van der Waals surface area contributed by atoms with Gasteiger partial charge in [0.25, 0.3) is 0 Å². The van der Waals surface area contributed by atoms with Crippen molar-refractivity contribution in [3.8, 4) is 5.75 Å². The van der Waals surface area contributed by atoms with Crippen molar-refractivity contribution in [3.05, 3.63) is 89.7 Å². The highest BCUT2D eigenvalue weighted by Crippen LogP contribution is 2.32. The molecule has 0 spiro atoms. The number of hydrogen-bond acceptors (Lipinski definition) is 3. The fourth-order valence-corrected chi connectivity index (χ4v) is 3.47. The van der Waals surface area contributed by atoms with Crippen molar-refractivity contribution in [2.75, 3.05) is 16.8 Å². The predicted octanol–water partition coefficient (Wildman–Crippen LogP) is 5.39. The van der Waals surface area contributed by atoms with Gasteiger partial charge in [0, 0.05) is 24.8 Å². The van der Waals surface area contributed by atoms with Gasteiger partial charge in [-0.15, -0.1) is 0 Å². The van der Waals surface area contributed by atoms with Gasteiger partial charge in [-0.2, -0.15) is 0 Å². The number of nitrogens with zero attached hydrogens (tertiary/aromatic N) is 1. The molecule has 0 radical (unpaired) electrons. The minimum Gasteiger partial charge on any atom is -0.410 e. The van der Waals surface area contributed by atoms with Crippen molar-refractivity contribution in [1.82, 2.24) is 0 Å². The van der Waals surface area contributed by atoms with Gasteiger partial charge < -0.3 is 9.64 Å². The third kappa shape index (κ3) is 4.14. The van der Waals surface area contributed by atoms with Gasteiger partial charge in [-0.05, 0) is 42.2 Å². The topological polar surface area (TPSA) is 41.6 Å². The number of benzene rings is 3. The average Bonchev–Trinajstić information content (AvgIpc) is 2.71. The lowest BCUT2D eigenvalue weighted by Crippen LogP contribution is -2.29. The molecule has 28 heavy (non-hydrogen) atoms. The molecule has 3 aromatic rings. The van der Waals surface area contributed by atoms with Crippen molar-refractivity contribution in [2.45, 2.75) is 19.4 Å². The molecule has 1 N–H and O–H groups in total. The second-order valence-electron chi connectivity index (χ2n) is 6.80. The van der Waals surface area contributed by atoms with Crippen LogP contribution in [0.2, 0.25) is 0 Å². The second-order valence-corrected chi connectivity index (χ2v) is 6.80. The third-order valence-corrected chi connectivity index (χ3v) is 4.81. The number of carbonyl (C=O) groups is 1. The summed E-state index contributed by atoms with van der Waals surface area (Å²) in [6.45, 7) is 1.76. The van der Waals surface area contributed by atoms with E-state index in [1.54, 1.807) is 18.2 Å². The Hall–Kier alpha value is -3.34. The number of fused-ring (bicyclic) bond motifs is 1. The molecule has 1 aliphatic rings. The van der Waals surface area contributed by atoms with Crippen LogP contribution >= 0.6 is 0 Å². The number of amides is 1. The number of hydrogen-bond donors (Lipinski definition) is 1. The van der Waals surface area contributed by atoms with E-state index in [0.717, 1.165) is 31.6 Å². The number of nitrogens with one attached hydrogen (secondary N) is 1. The van der Waals surface area contributed by atoms with E-state index in [1.165, 1.54) is 23.3 Å². The Labute approximate surface area is 163 Å². The minimum atomic E-state index is -0.713. The zero-order chi connectivity index (χ0) is 19.3. The Morgan fingerprint density at radius 1 is 1.04 bits per heavy atom. The molecule has 0 bridgehead atoms. The van der Waals surface area contributed by atoms with E-state index in [0.29, 0.717) is 5.75 Å². The maximum Gasteiger partial charge on any atom is 0.417 e. The summed E-state index contributed by atoms with van der Waals surface area (Å²) >= 11 is 0. The maximum atomic E-state index is 13.7. The molecule has 0 aromatic heterocycles. The van der Waals surface area contributed by atoms with Gasteiger partial charge in [0.2, 0.25) is 0 Å². The smallest absolute Gasteiger partial charge is 0.410 e. The van der Waals surface area contributed by atoms with Crippen LogP contribution in [0.5, 0.6) is 5.75 Å². The molecule has 0 saturated heterocycles. The Balaban J connectivity index is 1.50. The first-order valence-electron chi connectivity index (χ1n) is 9.34. The third-order valence-electron chi connectivity index (χ3n) is 4.81. The summed E-state index contributed by atoms with van der Waals surface area (Å²) in [5.74, 6) is -0.0634. The van der Waals surface area contributed by atoms with Gasteiger partial charge in [-0.1, -0.05) is 48.5 Å². The molecule has 4 rings (SSSR count). The quantitative estimate of drug-likeness (QED) is 0.664. The molecule has 5 heteroatoms. The molecule has 4 nitrogen and oxygen atoms in total. The zero-order valence-corrected chi connectivity index (χ0v) is 15.4. The van der Waals surface area contributed by atoms with Gasteiger partial charge in [0.05, 0.1) is 5.69 Å². The van der Waals surface area contributed by atoms with Crippen LogP contribution in [0.1, 0.15) is 17.5 Å². The van der Waals surface area contributed by atoms with Crippen LogP contribution < -0.4 is 15.0 Å². The molecule has 1 heterocycles. The lowest BCUT2D eigenvalue weighted by molar-refractivity contribution is 0.215. The van der Waals surface area contributed by atoms with E-state index in [1.807, 2.05) is 30.3 Å². The van der Waals surface area contributed by atoms with Crippen molar-refractivity contribution >= 4 is 17.5 Å². The zero-order valence-electron chi connectivity index (χ0n) is 15.4. The Bertz CT molecular complexity index is 975. The molecule has 0 aliphatic carbocycles. The number of aryl methyl sites for hydroxylation is 1. The van der Waals surface area contributed by atoms with Crippen molar-refractivity contribution in [3.63, 3.8) is 0 Å². The van der Waals surface area contributed by atoms with E-state index in [4.69, 9.17) is 4.74 Å². The van der Waals surface area contributed by atoms with Crippen LogP contribution in [0.3, 0.4) is 0 Å². The van der Waals surface area contributed by atoms with E-state index < -0.39 is 11.9 Å². The molecule has 0 fully saturated rings. The van der Waals surface area contributed by atoms with E-state index in [9.17, 15) is 9.18 Å². The number of carbonyl (C=O) groups excluding carboxylic acids is 1. The lowest BCUT2D eigenvalue weighted by atomic mass is 10.0. The SMILES string of the molecule is O=C(Nc1ccccc1F)Oc1ccc2c(c1)N(Cc1ccccc1)CCC2. The van der Waals surface area contributed by atoms with Crippen LogP contribution in [0.15, 0.2) is 72.8 Å². The summed E-state index contributed by atoms with van der Waals surface area (Å²) in [7, 11) is 0. The fourth-order valence-electron chi connectivity index (χ4n) is 3.47. The predicted molar refractivity (Wildman–Crippen MR) is 108 cm³/mol. The first-order chi connectivity index (χ1) is 13.7. The molecule has 0 atom stereocenters. The lowest BCUT2D eigenvalue weighted by Gasteiger charge is -2.31. The number of rotatable bonds is 4. The molecule has 1 amide bonds. The minimum absolute atomic E-state index is 0.0937. The summed E-state index contributed by atoms with van der Waals surface area (Å²) in [6.07, 6.45) is 1.38. The first kappa shape index (κ1) is 18.0. The van der Waals surface area contributed by atoms with Crippen LogP contribution in [0, 0.1) is 5.82 Å². The number of ether oxygens (including phenoxy) is 1. The highest BCUT2D eigenvalue weighted by Gasteiger charge is 2.19. The second kappa shape index (κ2) is 8.13. The molecule has 1 aliphatic heterocycles. The van der Waals surface area contributed by atoms with Crippen LogP contribution in [0.25, 0.3) is 0 Å². The first-order valence-corrected chi connectivity index (χ1v) is 9.34. The molecule has 142 valence electrons. The number of anilines is 2. The Morgan fingerprint density at radius 3 is 2.64 bits per heavy atom. The largest absolute Gasteiger partial charge is 0.417 e. The number of halogens is 1. The van der Waals surface area contributed by atoms with Gasteiger partial charge >= 0.3 is 6.09 Å². The van der Waals surface area contributed by atoms with Crippen LogP contribution in [-0.4, -0.2) is 12.6 Å². The fraction of sp³-hybridized carbons (Fsp3) is 0.174. The Kier molecular flexibility index (Phi) is 5.24. The monoisotopic (exact) mass is 376 g/mol. The van der Waals surface area contributed by atoms with Crippen LogP contribution in [0.4, 0.5) is 20.6 Å². The van der Waals surface area contributed by atoms with Crippen molar-refractivity contribution in [1.29, 1.82) is 0 Å². The average molecular weight is 376 g/mol. The molecule has 3 aromatic carbocycles. The van der Waals surface area contributed by atoms with Gasteiger partial charge in [-0.3, -0.25) is 5.32 Å². The summed E-state index contributed by atoms with van der Waals surface area (Å²) in [6, 6.07) is 22.0. The summed E-state index contributed by atoms with van der Waals surface area (Å²) < 4.78 is 19.1. The van der Waals surface area contributed by atoms with Crippen molar-refractivity contribution in [2.24, 2.45) is 0 Å². The Morgan fingerprint density at radius 2 is 1.82 bits per heavy atom. The molecule has 0 unspecified atom stereocenters.